The highest BCUT2D eigenvalue weighted by Crippen LogP contribution is 2.18. The van der Waals surface area contributed by atoms with Crippen molar-refractivity contribution in [1.82, 2.24) is 0 Å². The summed E-state index contributed by atoms with van der Waals surface area (Å²) in [6.07, 6.45) is 1.66. The van der Waals surface area contributed by atoms with Gasteiger partial charge in [0.25, 0.3) is 0 Å². The number of alkyl halides is 1. The van der Waals surface area contributed by atoms with Crippen LogP contribution in [0.2, 0.25) is 0 Å². The van der Waals surface area contributed by atoms with Gasteiger partial charge in [-0.1, -0.05) is 0 Å². The van der Waals surface area contributed by atoms with Crippen LogP contribution in [0.1, 0.15) is 12.8 Å². The maximum atomic E-state index is 10.5. The molecule has 58 valence electrons. The number of hydrogen-bond acceptors (Lipinski definition) is 2. The Bertz CT molecular complexity index is 134. The van der Waals surface area contributed by atoms with Crippen LogP contribution in [0.25, 0.3) is 0 Å². The van der Waals surface area contributed by atoms with E-state index in [-0.39, 0.29) is 6.10 Å². The van der Waals surface area contributed by atoms with Gasteiger partial charge in [-0.15, -0.1) is 11.6 Å². The Balaban J connectivity index is 2.39. The standard InChI is InChI=1S/C6H10ClNO2/c7-5(6(8)9)4-2-1-3-10-4/h4-5H,1-3H2,(H2,8,9). The molecule has 0 aromatic carbocycles. The van der Waals surface area contributed by atoms with E-state index in [1.54, 1.807) is 0 Å². The summed E-state index contributed by atoms with van der Waals surface area (Å²) in [5, 5.41) is -0.650. The smallest absolute Gasteiger partial charge is 0.238 e. The van der Waals surface area contributed by atoms with Crippen LogP contribution in [0.15, 0.2) is 0 Å². The Morgan fingerprint density at radius 2 is 2.50 bits per heavy atom. The van der Waals surface area contributed by atoms with Crippen LogP contribution in [0.4, 0.5) is 0 Å². The van der Waals surface area contributed by atoms with Crippen LogP contribution in [0.5, 0.6) is 0 Å². The maximum absolute atomic E-state index is 10.5. The molecule has 0 radical (unpaired) electrons. The van der Waals surface area contributed by atoms with Crippen molar-refractivity contribution in [3.05, 3.63) is 0 Å². The third-order valence-electron chi connectivity index (χ3n) is 1.56. The highest BCUT2D eigenvalue weighted by Gasteiger charge is 2.27. The van der Waals surface area contributed by atoms with E-state index >= 15 is 0 Å². The van der Waals surface area contributed by atoms with Crippen molar-refractivity contribution in [3.63, 3.8) is 0 Å². The minimum absolute atomic E-state index is 0.154. The monoisotopic (exact) mass is 163 g/mol. The number of nitrogens with two attached hydrogens (primary N) is 1. The summed E-state index contributed by atoms with van der Waals surface area (Å²) < 4.78 is 5.14. The second-order valence-corrected chi connectivity index (χ2v) is 2.83. The molecule has 3 nitrogen and oxygen atoms in total. The molecule has 1 heterocycles. The fourth-order valence-corrected chi connectivity index (χ4v) is 1.22. The molecule has 2 N–H and O–H groups in total. The summed E-state index contributed by atoms with van der Waals surface area (Å²) >= 11 is 5.62. The predicted octanol–water partition coefficient (Wildman–Crippen LogP) is 0.258. The van der Waals surface area contributed by atoms with Crippen molar-refractivity contribution < 1.29 is 9.53 Å². The second-order valence-electron chi connectivity index (χ2n) is 2.36. The summed E-state index contributed by atoms with van der Waals surface area (Å²) in [5.74, 6) is -0.492. The molecule has 0 aromatic heterocycles. The Kier molecular flexibility index (Phi) is 2.51. The highest BCUT2D eigenvalue weighted by atomic mass is 35.5. The van der Waals surface area contributed by atoms with Gasteiger partial charge in [0.2, 0.25) is 5.91 Å². The first-order valence-corrected chi connectivity index (χ1v) is 3.70. The molecule has 1 aliphatic heterocycles. The zero-order valence-electron chi connectivity index (χ0n) is 5.55. The lowest BCUT2D eigenvalue weighted by atomic mass is 10.2. The first-order chi connectivity index (χ1) is 4.72. The van der Waals surface area contributed by atoms with Gasteiger partial charge in [0.15, 0.2) is 0 Å². The number of amides is 1. The predicted molar refractivity (Wildman–Crippen MR) is 37.8 cm³/mol. The third-order valence-corrected chi connectivity index (χ3v) is 2.06. The molecule has 1 rings (SSSR count). The molecule has 2 atom stereocenters. The number of rotatable bonds is 2. The molecule has 1 aliphatic rings. The van der Waals surface area contributed by atoms with Gasteiger partial charge in [0, 0.05) is 6.61 Å². The van der Waals surface area contributed by atoms with Crippen molar-refractivity contribution in [2.45, 2.75) is 24.3 Å². The fraction of sp³-hybridized carbons (Fsp3) is 0.833. The van der Waals surface area contributed by atoms with E-state index in [2.05, 4.69) is 0 Å². The van der Waals surface area contributed by atoms with Crippen LogP contribution in [-0.4, -0.2) is 24.0 Å². The minimum atomic E-state index is -0.650. The zero-order chi connectivity index (χ0) is 7.56. The normalized spacial score (nSPS) is 28.3. The van der Waals surface area contributed by atoms with Gasteiger partial charge in [-0.05, 0) is 12.8 Å². The van der Waals surface area contributed by atoms with E-state index in [1.807, 2.05) is 0 Å². The number of hydrogen-bond donors (Lipinski definition) is 1. The van der Waals surface area contributed by atoms with E-state index in [4.69, 9.17) is 22.1 Å². The summed E-state index contributed by atoms with van der Waals surface area (Å²) in [4.78, 5) is 10.5. The summed E-state index contributed by atoms with van der Waals surface area (Å²) in [7, 11) is 0. The molecule has 4 heteroatoms. The van der Waals surface area contributed by atoms with Crippen molar-refractivity contribution in [2.24, 2.45) is 5.73 Å². The molecule has 0 spiro atoms. The quantitative estimate of drug-likeness (QED) is 0.594. The molecular formula is C6H10ClNO2. The molecule has 0 aliphatic carbocycles. The average Bonchev–Trinajstić information content (AvgIpc) is 2.36. The van der Waals surface area contributed by atoms with E-state index < -0.39 is 11.3 Å². The average molecular weight is 164 g/mol. The van der Waals surface area contributed by atoms with Crippen molar-refractivity contribution in [1.29, 1.82) is 0 Å². The van der Waals surface area contributed by atoms with Gasteiger partial charge in [-0.25, -0.2) is 0 Å². The van der Waals surface area contributed by atoms with Crippen LogP contribution in [-0.2, 0) is 9.53 Å². The minimum Gasteiger partial charge on any atom is -0.376 e. The lowest BCUT2D eigenvalue weighted by Crippen LogP contribution is -2.33. The van der Waals surface area contributed by atoms with E-state index in [0.29, 0.717) is 6.61 Å². The first kappa shape index (κ1) is 7.82. The van der Waals surface area contributed by atoms with Crippen LogP contribution in [0, 0.1) is 0 Å². The van der Waals surface area contributed by atoms with Crippen LogP contribution in [0.3, 0.4) is 0 Å². The highest BCUT2D eigenvalue weighted by molar-refractivity contribution is 6.31. The fourth-order valence-electron chi connectivity index (χ4n) is 1.02. The summed E-state index contributed by atoms with van der Waals surface area (Å²) in [5.41, 5.74) is 4.96. The molecule has 2 unspecified atom stereocenters. The molecule has 1 saturated heterocycles. The van der Waals surface area contributed by atoms with E-state index in [1.165, 1.54) is 0 Å². The molecule has 1 amide bonds. The Morgan fingerprint density at radius 1 is 1.80 bits per heavy atom. The lowest BCUT2D eigenvalue weighted by Gasteiger charge is -2.11. The van der Waals surface area contributed by atoms with Gasteiger partial charge >= 0.3 is 0 Å². The number of carbonyl (C=O) groups excluding carboxylic acids is 1. The molecule has 10 heavy (non-hydrogen) atoms. The number of ether oxygens (including phenoxy) is 1. The molecule has 0 saturated carbocycles. The van der Waals surface area contributed by atoms with Crippen molar-refractivity contribution >= 4 is 17.5 Å². The van der Waals surface area contributed by atoms with E-state index in [9.17, 15) is 4.79 Å². The molecule has 1 fully saturated rings. The number of halogens is 1. The van der Waals surface area contributed by atoms with Crippen molar-refractivity contribution in [3.8, 4) is 0 Å². The summed E-state index contributed by atoms with van der Waals surface area (Å²) in [6.45, 7) is 0.696. The third kappa shape index (κ3) is 1.61. The largest absolute Gasteiger partial charge is 0.376 e. The maximum Gasteiger partial charge on any atom is 0.238 e. The lowest BCUT2D eigenvalue weighted by molar-refractivity contribution is -0.119. The first-order valence-electron chi connectivity index (χ1n) is 3.27. The van der Waals surface area contributed by atoms with Crippen molar-refractivity contribution in [2.75, 3.05) is 6.61 Å². The van der Waals surface area contributed by atoms with Gasteiger partial charge in [-0.3, -0.25) is 4.79 Å². The molecule has 0 bridgehead atoms. The zero-order valence-corrected chi connectivity index (χ0v) is 6.30. The summed E-state index contributed by atoms with van der Waals surface area (Å²) in [6, 6.07) is 0. The van der Waals surface area contributed by atoms with Crippen LogP contribution >= 0.6 is 11.6 Å². The SMILES string of the molecule is NC(=O)C(Cl)C1CCCO1. The Hall–Kier alpha value is -0.280. The Morgan fingerprint density at radius 3 is 2.90 bits per heavy atom. The van der Waals surface area contributed by atoms with Gasteiger partial charge in [0.1, 0.15) is 5.38 Å². The van der Waals surface area contributed by atoms with E-state index in [0.717, 1.165) is 12.8 Å². The van der Waals surface area contributed by atoms with Gasteiger partial charge in [-0.2, -0.15) is 0 Å². The van der Waals surface area contributed by atoms with Gasteiger partial charge in [0.05, 0.1) is 6.10 Å². The molecule has 0 aromatic rings. The Labute approximate surface area is 64.5 Å². The number of primary amides is 1. The molecular weight excluding hydrogens is 154 g/mol. The topological polar surface area (TPSA) is 52.3 Å². The second kappa shape index (κ2) is 3.21. The van der Waals surface area contributed by atoms with Gasteiger partial charge < -0.3 is 10.5 Å². The number of carbonyl (C=O) groups is 1. The van der Waals surface area contributed by atoms with Crippen LogP contribution < -0.4 is 5.73 Å².